The SMILES string of the molecule is CC1(C2CCCNC2)COC(=O)N1c1ccccc1. The van der Waals surface area contributed by atoms with Crippen molar-refractivity contribution < 1.29 is 9.53 Å². The zero-order chi connectivity index (χ0) is 13.3. The van der Waals surface area contributed by atoms with Crippen LogP contribution in [0, 0.1) is 5.92 Å². The number of rotatable bonds is 2. The van der Waals surface area contributed by atoms with Crippen molar-refractivity contribution in [1.29, 1.82) is 0 Å². The summed E-state index contributed by atoms with van der Waals surface area (Å²) >= 11 is 0. The van der Waals surface area contributed by atoms with Gasteiger partial charge in [-0.1, -0.05) is 18.2 Å². The van der Waals surface area contributed by atoms with Gasteiger partial charge in [0.05, 0.1) is 5.54 Å². The standard InChI is InChI=1S/C15H20N2O2/c1-15(12-6-5-9-16-10-12)11-19-14(18)17(15)13-7-3-2-4-8-13/h2-4,7-8,12,16H,5-6,9-11H2,1H3. The molecule has 0 bridgehead atoms. The molecule has 0 saturated carbocycles. The predicted octanol–water partition coefficient (Wildman–Crippen LogP) is 2.40. The Morgan fingerprint density at radius 2 is 2.16 bits per heavy atom. The lowest BCUT2D eigenvalue weighted by molar-refractivity contribution is 0.157. The molecule has 0 radical (unpaired) electrons. The van der Waals surface area contributed by atoms with Gasteiger partial charge in [-0.25, -0.2) is 4.79 Å². The Bertz CT molecular complexity index is 456. The monoisotopic (exact) mass is 260 g/mol. The maximum absolute atomic E-state index is 12.1. The highest BCUT2D eigenvalue weighted by Crippen LogP contribution is 2.38. The number of nitrogens with zero attached hydrogens (tertiary/aromatic N) is 1. The van der Waals surface area contributed by atoms with E-state index in [2.05, 4.69) is 12.2 Å². The van der Waals surface area contributed by atoms with Gasteiger partial charge in [0.1, 0.15) is 6.61 Å². The maximum atomic E-state index is 12.1. The molecule has 2 heterocycles. The van der Waals surface area contributed by atoms with Gasteiger partial charge in [-0.05, 0) is 44.4 Å². The van der Waals surface area contributed by atoms with Crippen molar-refractivity contribution in [3.63, 3.8) is 0 Å². The quantitative estimate of drug-likeness (QED) is 0.887. The molecular weight excluding hydrogens is 240 g/mol. The van der Waals surface area contributed by atoms with E-state index in [0.717, 1.165) is 31.6 Å². The number of carbonyl (C=O) groups excluding carboxylic acids is 1. The lowest BCUT2D eigenvalue weighted by Gasteiger charge is -2.41. The molecule has 2 saturated heterocycles. The molecule has 102 valence electrons. The number of nitrogens with one attached hydrogen (secondary N) is 1. The van der Waals surface area contributed by atoms with Gasteiger partial charge in [-0.3, -0.25) is 4.90 Å². The van der Waals surface area contributed by atoms with Crippen LogP contribution in [0.4, 0.5) is 10.5 Å². The number of piperidine rings is 1. The normalized spacial score (nSPS) is 31.3. The summed E-state index contributed by atoms with van der Waals surface area (Å²) < 4.78 is 5.35. The summed E-state index contributed by atoms with van der Waals surface area (Å²) in [6, 6.07) is 9.83. The van der Waals surface area contributed by atoms with Crippen LogP contribution in [0.1, 0.15) is 19.8 Å². The highest BCUT2D eigenvalue weighted by molar-refractivity contribution is 5.91. The van der Waals surface area contributed by atoms with Gasteiger partial charge in [0, 0.05) is 12.2 Å². The highest BCUT2D eigenvalue weighted by atomic mass is 16.6. The molecule has 1 aromatic rings. The van der Waals surface area contributed by atoms with Gasteiger partial charge in [0.15, 0.2) is 0 Å². The Morgan fingerprint density at radius 1 is 1.37 bits per heavy atom. The fourth-order valence-corrected chi connectivity index (χ4v) is 3.21. The lowest BCUT2D eigenvalue weighted by Crippen LogP contribution is -2.55. The van der Waals surface area contributed by atoms with Crippen molar-refractivity contribution in [2.75, 3.05) is 24.6 Å². The molecule has 4 nitrogen and oxygen atoms in total. The molecular formula is C15H20N2O2. The van der Waals surface area contributed by atoms with Crippen molar-refractivity contribution in [2.24, 2.45) is 5.92 Å². The summed E-state index contributed by atoms with van der Waals surface area (Å²) in [4.78, 5) is 14.0. The molecule has 4 heteroatoms. The van der Waals surface area contributed by atoms with Crippen LogP contribution in [0.3, 0.4) is 0 Å². The minimum absolute atomic E-state index is 0.223. The number of para-hydroxylation sites is 1. The van der Waals surface area contributed by atoms with E-state index in [0.29, 0.717) is 12.5 Å². The van der Waals surface area contributed by atoms with Crippen LogP contribution in [0.2, 0.25) is 0 Å². The second kappa shape index (κ2) is 4.85. The minimum Gasteiger partial charge on any atom is -0.447 e. The summed E-state index contributed by atoms with van der Waals surface area (Å²) in [6.45, 7) is 4.65. The Morgan fingerprint density at radius 3 is 2.84 bits per heavy atom. The van der Waals surface area contributed by atoms with E-state index in [1.165, 1.54) is 0 Å². The first-order valence-electron chi connectivity index (χ1n) is 6.94. The number of benzene rings is 1. The Hall–Kier alpha value is -1.55. The molecule has 3 rings (SSSR count). The third kappa shape index (κ3) is 2.10. The first kappa shape index (κ1) is 12.5. The molecule has 1 N–H and O–H groups in total. The predicted molar refractivity (Wildman–Crippen MR) is 74.3 cm³/mol. The molecule has 2 aliphatic heterocycles. The zero-order valence-electron chi connectivity index (χ0n) is 11.3. The van der Waals surface area contributed by atoms with Gasteiger partial charge in [-0.15, -0.1) is 0 Å². The second-order valence-corrected chi connectivity index (χ2v) is 5.63. The fourth-order valence-electron chi connectivity index (χ4n) is 3.21. The Kier molecular flexibility index (Phi) is 3.19. The van der Waals surface area contributed by atoms with Crippen LogP contribution in [-0.2, 0) is 4.74 Å². The number of carbonyl (C=O) groups is 1. The molecule has 1 amide bonds. The van der Waals surface area contributed by atoms with Gasteiger partial charge in [-0.2, -0.15) is 0 Å². The van der Waals surface area contributed by atoms with E-state index in [4.69, 9.17) is 4.74 Å². The van der Waals surface area contributed by atoms with Crippen molar-refractivity contribution in [1.82, 2.24) is 5.32 Å². The van der Waals surface area contributed by atoms with E-state index in [1.54, 1.807) is 0 Å². The van der Waals surface area contributed by atoms with Crippen molar-refractivity contribution in [3.05, 3.63) is 30.3 Å². The van der Waals surface area contributed by atoms with E-state index in [-0.39, 0.29) is 11.6 Å². The topological polar surface area (TPSA) is 41.6 Å². The largest absolute Gasteiger partial charge is 0.447 e. The number of amides is 1. The number of hydrogen-bond acceptors (Lipinski definition) is 3. The molecule has 2 aliphatic rings. The summed E-state index contributed by atoms with van der Waals surface area (Å²) in [6.07, 6.45) is 2.08. The summed E-state index contributed by atoms with van der Waals surface area (Å²) in [7, 11) is 0. The average molecular weight is 260 g/mol. The van der Waals surface area contributed by atoms with Crippen molar-refractivity contribution in [3.8, 4) is 0 Å². The third-order valence-electron chi connectivity index (χ3n) is 4.37. The van der Waals surface area contributed by atoms with Crippen molar-refractivity contribution >= 4 is 11.8 Å². The van der Waals surface area contributed by atoms with Gasteiger partial charge < -0.3 is 10.1 Å². The van der Waals surface area contributed by atoms with E-state index < -0.39 is 0 Å². The van der Waals surface area contributed by atoms with Gasteiger partial charge in [0.25, 0.3) is 0 Å². The second-order valence-electron chi connectivity index (χ2n) is 5.63. The van der Waals surface area contributed by atoms with Crippen LogP contribution >= 0.6 is 0 Å². The number of cyclic esters (lactones) is 1. The first-order chi connectivity index (χ1) is 9.22. The Labute approximate surface area is 113 Å². The Balaban J connectivity index is 1.93. The molecule has 0 spiro atoms. The first-order valence-corrected chi connectivity index (χ1v) is 6.94. The summed E-state index contributed by atoms with van der Waals surface area (Å²) in [5.41, 5.74) is 0.685. The molecule has 2 unspecified atom stereocenters. The third-order valence-corrected chi connectivity index (χ3v) is 4.37. The van der Waals surface area contributed by atoms with Crippen LogP contribution in [0.5, 0.6) is 0 Å². The average Bonchev–Trinajstić information content (AvgIpc) is 2.78. The highest BCUT2D eigenvalue weighted by Gasteiger charge is 2.49. The molecule has 2 atom stereocenters. The van der Waals surface area contributed by atoms with Crippen molar-refractivity contribution in [2.45, 2.75) is 25.3 Å². The molecule has 2 fully saturated rings. The van der Waals surface area contributed by atoms with E-state index in [1.807, 2.05) is 35.2 Å². The van der Waals surface area contributed by atoms with Crippen LogP contribution < -0.4 is 10.2 Å². The molecule has 19 heavy (non-hydrogen) atoms. The van der Waals surface area contributed by atoms with Gasteiger partial charge >= 0.3 is 6.09 Å². The van der Waals surface area contributed by atoms with Crippen LogP contribution in [-0.4, -0.2) is 31.3 Å². The number of anilines is 1. The molecule has 1 aromatic carbocycles. The molecule has 0 aromatic heterocycles. The van der Waals surface area contributed by atoms with Gasteiger partial charge in [0.2, 0.25) is 0 Å². The zero-order valence-corrected chi connectivity index (χ0v) is 11.3. The number of ether oxygens (including phenoxy) is 1. The summed E-state index contributed by atoms with van der Waals surface area (Å²) in [5.74, 6) is 0.438. The minimum atomic E-state index is -0.244. The smallest absolute Gasteiger partial charge is 0.415 e. The number of hydrogen-bond donors (Lipinski definition) is 1. The maximum Gasteiger partial charge on any atom is 0.415 e. The van der Waals surface area contributed by atoms with E-state index in [9.17, 15) is 4.79 Å². The lowest BCUT2D eigenvalue weighted by atomic mass is 9.80. The van der Waals surface area contributed by atoms with Crippen LogP contribution in [0.25, 0.3) is 0 Å². The van der Waals surface area contributed by atoms with E-state index >= 15 is 0 Å². The molecule has 0 aliphatic carbocycles. The summed E-state index contributed by atoms with van der Waals surface area (Å²) in [5, 5.41) is 3.43. The van der Waals surface area contributed by atoms with Crippen LogP contribution in [0.15, 0.2) is 30.3 Å². The fraction of sp³-hybridized carbons (Fsp3) is 0.533.